The monoisotopic (exact) mass is 282 g/mol. The summed E-state index contributed by atoms with van der Waals surface area (Å²) in [6, 6.07) is 0. The molecule has 0 amide bonds. The van der Waals surface area contributed by atoms with E-state index in [0.717, 1.165) is 8.58 Å². The summed E-state index contributed by atoms with van der Waals surface area (Å²) < 4.78 is 22.2. The first-order valence-electron chi connectivity index (χ1n) is 4.07. The van der Waals surface area contributed by atoms with Gasteiger partial charge in [-0.15, -0.1) is 0 Å². The van der Waals surface area contributed by atoms with E-state index in [-0.39, 0.29) is 0 Å². The smallest absolute Gasteiger partial charge is 0.395 e. The van der Waals surface area contributed by atoms with Crippen LogP contribution in [0.15, 0.2) is 0 Å². The van der Waals surface area contributed by atoms with Crippen molar-refractivity contribution in [2.75, 3.05) is 13.0 Å². The minimum absolute atomic E-state index is 0.339. The van der Waals surface area contributed by atoms with Crippen molar-refractivity contribution in [1.29, 1.82) is 0 Å². The van der Waals surface area contributed by atoms with Crippen molar-refractivity contribution in [2.24, 2.45) is 0 Å². The Morgan fingerprint density at radius 2 is 1.43 bits per heavy atom. The number of hydrogen-bond donors (Lipinski definition) is 0. The van der Waals surface area contributed by atoms with E-state index in [2.05, 4.69) is 6.66 Å². The number of hydrogen-bond acceptors (Lipinski definition) is 4. The Hall–Kier alpha value is 1.14. The molecule has 0 aliphatic heterocycles. The van der Waals surface area contributed by atoms with Gasteiger partial charge in [0.25, 0.3) is 0 Å². The predicted molar refractivity (Wildman–Crippen MR) is 64.1 cm³/mol. The van der Waals surface area contributed by atoms with Gasteiger partial charge >= 0.3 is 9.05 Å². The van der Waals surface area contributed by atoms with Gasteiger partial charge in [0.2, 0.25) is 29.3 Å². The molecule has 0 heterocycles. The quantitative estimate of drug-likeness (QED) is 0.462. The highest BCUT2D eigenvalue weighted by molar-refractivity contribution is 7.36. The van der Waals surface area contributed by atoms with Crippen LogP contribution in [-0.2, 0) is 16.8 Å². The molecule has 9 heteroatoms. The lowest BCUT2D eigenvalue weighted by molar-refractivity contribution is 0.120. The normalized spacial score (nSPS) is 12.9. The van der Waals surface area contributed by atoms with E-state index in [0.29, 0.717) is 35.6 Å². The van der Waals surface area contributed by atoms with Crippen LogP contribution in [0.5, 0.6) is 0 Å². The summed E-state index contributed by atoms with van der Waals surface area (Å²) in [5.74, 6) is 0. The number of rotatable bonds is 9. The predicted octanol–water partition coefficient (Wildman–Crippen LogP) is 0.756. The van der Waals surface area contributed by atoms with Gasteiger partial charge in [-0.1, -0.05) is 8.58 Å². The minimum Gasteiger partial charge on any atom is -0.395 e. The molecule has 0 aromatic rings. The van der Waals surface area contributed by atoms with Crippen LogP contribution in [0.25, 0.3) is 0 Å². The zero-order valence-electron chi connectivity index (χ0n) is 8.84. The summed E-state index contributed by atoms with van der Waals surface area (Å²) in [5, 5.41) is 0. The van der Waals surface area contributed by atoms with E-state index in [4.69, 9.17) is 16.8 Å². The third kappa shape index (κ3) is 5.88. The Kier molecular flexibility index (Phi) is 10.1. The molecule has 0 bridgehead atoms. The highest BCUT2D eigenvalue weighted by Gasteiger charge is 2.43. The molecule has 0 saturated carbocycles. The Morgan fingerprint density at radius 3 is 1.71 bits per heavy atom. The first kappa shape index (κ1) is 15.1. The summed E-state index contributed by atoms with van der Waals surface area (Å²) in [5.41, 5.74) is 0. The van der Waals surface area contributed by atoms with E-state index in [1.807, 2.05) is 19.6 Å². The highest BCUT2D eigenvalue weighted by Crippen LogP contribution is 2.14. The molecule has 0 fully saturated rings. The van der Waals surface area contributed by atoms with Gasteiger partial charge < -0.3 is 16.8 Å². The SMILES string of the molecule is C[Si]O[Si](OCPC)(O[Si]C)O[Si]C. The van der Waals surface area contributed by atoms with Crippen molar-refractivity contribution >= 4 is 46.9 Å². The third-order valence-corrected chi connectivity index (χ3v) is 7.74. The van der Waals surface area contributed by atoms with Crippen molar-refractivity contribution in [2.45, 2.75) is 19.6 Å². The maximum Gasteiger partial charge on any atom is 0.647 e. The Balaban J connectivity index is 4.21. The lowest BCUT2D eigenvalue weighted by Crippen LogP contribution is -2.50. The van der Waals surface area contributed by atoms with Crippen molar-refractivity contribution in [3.05, 3.63) is 0 Å². The zero-order chi connectivity index (χ0) is 10.9. The van der Waals surface area contributed by atoms with Crippen LogP contribution in [0.1, 0.15) is 0 Å². The summed E-state index contributed by atoms with van der Waals surface area (Å²) in [4.78, 5) is 0. The molecular weight excluding hydrogens is 267 g/mol. The average molecular weight is 282 g/mol. The molecule has 0 N–H and O–H groups in total. The summed E-state index contributed by atoms with van der Waals surface area (Å²) in [7, 11) is -1.03. The van der Waals surface area contributed by atoms with Gasteiger partial charge in [0.05, 0.1) is 6.35 Å². The Labute approximate surface area is 96.5 Å². The van der Waals surface area contributed by atoms with E-state index >= 15 is 0 Å². The van der Waals surface area contributed by atoms with Crippen molar-refractivity contribution in [3.63, 3.8) is 0 Å². The first-order valence-corrected chi connectivity index (χ1v) is 11.6. The average Bonchev–Trinajstić information content (AvgIpc) is 2.16. The molecule has 0 aliphatic carbocycles. The molecule has 4 nitrogen and oxygen atoms in total. The molecule has 0 aliphatic rings. The molecule has 0 spiro atoms. The van der Waals surface area contributed by atoms with Gasteiger partial charge in [0.1, 0.15) is 0 Å². The standard InChI is InChI=1S/C5H15O4PSi4/c1-10-5-6-14(7-11-2,8-12-3)9-13-4/h10H,5H2,1-4H3. The summed E-state index contributed by atoms with van der Waals surface area (Å²) in [6.07, 6.45) is 0.658. The second-order valence-electron chi connectivity index (χ2n) is 2.06. The molecule has 14 heavy (non-hydrogen) atoms. The second kappa shape index (κ2) is 9.37. The Morgan fingerprint density at radius 1 is 1.00 bits per heavy atom. The van der Waals surface area contributed by atoms with Crippen LogP contribution in [-0.4, -0.2) is 51.4 Å². The molecular formula is C5H15O4PSi4. The van der Waals surface area contributed by atoms with E-state index < -0.39 is 9.05 Å². The topological polar surface area (TPSA) is 36.9 Å². The van der Waals surface area contributed by atoms with Gasteiger partial charge in [-0.05, 0) is 26.3 Å². The van der Waals surface area contributed by atoms with Crippen molar-refractivity contribution < 1.29 is 16.8 Å². The van der Waals surface area contributed by atoms with Crippen LogP contribution in [0.3, 0.4) is 0 Å². The van der Waals surface area contributed by atoms with Gasteiger partial charge in [-0.25, -0.2) is 0 Å². The summed E-state index contributed by atoms with van der Waals surface area (Å²) in [6.45, 7) is 7.92. The molecule has 1 atom stereocenters. The van der Waals surface area contributed by atoms with Gasteiger partial charge in [0, 0.05) is 0 Å². The van der Waals surface area contributed by atoms with Gasteiger partial charge in [-0.2, -0.15) is 0 Å². The van der Waals surface area contributed by atoms with Gasteiger partial charge in [0.15, 0.2) is 0 Å². The van der Waals surface area contributed by atoms with E-state index in [9.17, 15) is 0 Å². The maximum absolute atomic E-state index is 5.61. The first-order chi connectivity index (χ1) is 6.74. The lowest BCUT2D eigenvalue weighted by Gasteiger charge is -2.27. The van der Waals surface area contributed by atoms with E-state index in [1.54, 1.807) is 0 Å². The molecule has 0 aromatic carbocycles. The minimum atomic E-state index is -2.77. The largest absolute Gasteiger partial charge is 0.647 e. The Bertz CT molecular complexity index is 124. The zero-order valence-corrected chi connectivity index (χ0v) is 13.8. The second-order valence-corrected chi connectivity index (χ2v) is 8.02. The van der Waals surface area contributed by atoms with Crippen LogP contribution < -0.4 is 0 Å². The van der Waals surface area contributed by atoms with Crippen LogP contribution in [0.4, 0.5) is 0 Å². The third-order valence-electron chi connectivity index (χ3n) is 1.07. The highest BCUT2D eigenvalue weighted by atomic mass is 31.1. The van der Waals surface area contributed by atoms with Crippen LogP contribution in [0, 0.1) is 0 Å². The molecule has 0 saturated heterocycles. The molecule has 0 rings (SSSR count). The summed E-state index contributed by atoms with van der Waals surface area (Å²) >= 11 is 0. The molecule has 0 aromatic heterocycles. The molecule has 1 unspecified atom stereocenters. The fourth-order valence-corrected chi connectivity index (χ4v) is 7.30. The fraction of sp³-hybridized carbons (Fsp3) is 1.00. The van der Waals surface area contributed by atoms with Crippen LogP contribution in [0.2, 0.25) is 19.6 Å². The van der Waals surface area contributed by atoms with Crippen molar-refractivity contribution in [1.82, 2.24) is 0 Å². The van der Waals surface area contributed by atoms with Crippen molar-refractivity contribution in [3.8, 4) is 0 Å². The maximum atomic E-state index is 5.61. The lowest BCUT2D eigenvalue weighted by atomic mass is 11.7. The van der Waals surface area contributed by atoms with E-state index in [1.165, 1.54) is 0 Å². The van der Waals surface area contributed by atoms with Crippen LogP contribution >= 0.6 is 8.58 Å². The van der Waals surface area contributed by atoms with Gasteiger partial charge in [-0.3, -0.25) is 0 Å². The fourth-order valence-electron chi connectivity index (χ4n) is 0.686. The molecule has 6 radical (unpaired) electrons. The molecule has 80 valence electrons.